The Bertz CT molecular complexity index is 470. The largest absolute Gasteiger partial charge is 0.393 e. The Morgan fingerprint density at radius 2 is 1.95 bits per heavy atom. The molecular formula is C15H23F2N3O. The summed E-state index contributed by atoms with van der Waals surface area (Å²) in [6, 6.07) is 0.850. The molecule has 6 heteroatoms. The number of anilines is 2. The van der Waals surface area contributed by atoms with Gasteiger partial charge in [0.05, 0.1) is 6.10 Å². The van der Waals surface area contributed by atoms with Crippen molar-refractivity contribution in [1.82, 2.24) is 4.98 Å². The van der Waals surface area contributed by atoms with E-state index in [1.807, 2.05) is 6.92 Å². The van der Waals surface area contributed by atoms with Crippen LogP contribution in [0.2, 0.25) is 0 Å². The summed E-state index contributed by atoms with van der Waals surface area (Å²) in [5.41, 5.74) is 0. The molecule has 0 aromatic carbocycles. The van der Waals surface area contributed by atoms with Gasteiger partial charge in [-0.05, 0) is 31.6 Å². The lowest BCUT2D eigenvalue weighted by Crippen LogP contribution is -2.25. The quantitative estimate of drug-likeness (QED) is 0.755. The van der Waals surface area contributed by atoms with Crippen molar-refractivity contribution in [2.75, 3.05) is 23.7 Å². The molecule has 1 fully saturated rings. The van der Waals surface area contributed by atoms with Crippen molar-refractivity contribution in [2.24, 2.45) is 5.92 Å². The van der Waals surface area contributed by atoms with Crippen LogP contribution in [0.1, 0.15) is 39.0 Å². The number of hydrogen-bond donors (Lipinski definition) is 3. The predicted molar refractivity (Wildman–Crippen MR) is 79.4 cm³/mol. The smallest absolute Gasteiger partial charge is 0.168 e. The zero-order valence-corrected chi connectivity index (χ0v) is 12.3. The average Bonchev–Trinajstić information content (AvgIpc) is 2.45. The van der Waals surface area contributed by atoms with E-state index in [4.69, 9.17) is 0 Å². The molecule has 0 radical (unpaired) electrons. The number of nitrogens with one attached hydrogen (secondary N) is 2. The predicted octanol–water partition coefficient (Wildman–Crippen LogP) is 3.14. The number of rotatable bonds is 6. The van der Waals surface area contributed by atoms with Gasteiger partial charge in [0.15, 0.2) is 23.3 Å². The van der Waals surface area contributed by atoms with E-state index in [0.29, 0.717) is 19.0 Å². The second-order valence-corrected chi connectivity index (χ2v) is 5.64. The summed E-state index contributed by atoms with van der Waals surface area (Å²) in [6.07, 6.45) is 4.12. The maximum Gasteiger partial charge on any atom is 0.168 e. The van der Waals surface area contributed by atoms with Crippen molar-refractivity contribution in [3.05, 3.63) is 17.7 Å². The molecule has 21 heavy (non-hydrogen) atoms. The van der Waals surface area contributed by atoms with Gasteiger partial charge in [-0.2, -0.15) is 0 Å². The fourth-order valence-corrected chi connectivity index (χ4v) is 2.65. The van der Waals surface area contributed by atoms with E-state index < -0.39 is 11.6 Å². The molecule has 1 aliphatic carbocycles. The first-order valence-corrected chi connectivity index (χ1v) is 7.62. The molecule has 0 saturated heterocycles. The molecule has 4 nitrogen and oxygen atoms in total. The van der Waals surface area contributed by atoms with Crippen molar-refractivity contribution in [2.45, 2.75) is 45.1 Å². The molecule has 1 heterocycles. The van der Waals surface area contributed by atoms with Crippen molar-refractivity contribution in [3.63, 3.8) is 0 Å². The number of aromatic nitrogens is 1. The number of halogens is 2. The second-order valence-electron chi connectivity index (χ2n) is 5.64. The van der Waals surface area contributed by atoms with Crippen LogP contribution >= 0.6 is 0 Å². The first kappa shape index (κ1) is 15.9. The lowest BCUT2D eigenvalue weighted by atomic mass is 9.87. The van der Waals surface area contributed by atoms with E-state index in [1.165, 1.54) is 0 Å². The van der Waals surface area contributed by atoms with Crippen LogP contribution < -0.4 is 10.6 Å². The van der Waals surface area contributed by atoms with Gasteiger partial charge in [-0.1, -0.05) is 13.3 Å². The summed E-state index contributed by atoms with van der Waals surface area (Å²) < 4.78 is 27.3. The van der Waals surface area contributed by atoms with Gasteiger partial charge in [-0.15, -0.1) is 0 Å². The Labute approximate surface area is 124 Å². The molecule has 2 atom stereocenters. The fourth-order valence-electron chi connectivity index (χ4n) is 2.65. The van der Waals surface area contributed by atoms with E-state index in [0.717, 1.165) is 38.2 Å². The zero-order chi connectivity index (χ0) is 15.2. The number of pyridine rings is 1. The molecule has 3 N–H and O–H groups in total. The number of aliphatic hydroxyl groups is 1. The minimum Gasteiger partial charge on any atom is -0.393 e. The van der Waals surface area contributed by atoms with Crippen LogP contribution in [0.4, 0.5) is 20.4 Å². The van der Waals surface area contributed by atoms with Gasteiger partial charge >= 0.3 is 0 Å². The Hall–Kier alpha value is -1.43. The molecule has 0 amide bonds. The van der Waals surface area contributed by atoms with Crippen molar-refractivity contribution < 1.29 is 13.9 Å². The average molecular weight is 299 g/mol. The summed E-state index contributed by atoms with van der Waals surface area (Å²) in [6.45, 7) is 3.09. The van der Waals surface area contributed by atoms with Crippen LogP contribution in [0, 0.1) is 17.6 Å². The number of hydrogen-bond acceptors (Lipinski definition) is 4. The van der Waals surface area contributed by atoms with E-state index in [2.05, 4.69) is 15.6 Å². The van der Waals surface area contributed by atoms with Crippen LogP contribution in [-0.4, -0.2) is 29.3 Å². The Morgan fingerprint density at radius 3 is 2.62 bits per heavy atom. The van der Waals surface area contributed by atoms with E-state index in [-0.39, 0.29) is 17.7 Å². The molecular weight excluding hydrogens is 276 g/mol. The topological polar surface area (TPSA) is 57.2 Å². The third-order valence-corrected chi connectivity index (χ3v) is 3.79. The SMILES string of the molecule is CCCNc1nc(NCC2CCCC(O)C2)c(F)cc1F. The molecule has 1 aromatic rings. The minimum absolute atomic E-state index is 0.0649. The normalized spacial score (nSPS) is 22.1. The Balaban J connectivity index is 1.98. The number of nitrogens with zero attached hydrogens (tertiary/aromatic N) is 1. The van der Waals surface area contributed by atoms with Crippen molar-refractivity contribution in [1.29, 1.82) is 0 Å². The maximum atomic E-state index is 13.7. The van der Waals surface area contributed by atoms with Crippen LogP contribution in [0.3, 0.4) is 0 Å². The van der Waals surface area contributed by atoms with E-state index in [1.54, 1.807) is 0 Å². The highest BCUT2D eigenvalue weighted by Crippen LogP contribution is 2.25. The number of aliphatic hydroxyl groups excluding tert-OH is 1. The molecule has 118 valence electrons. The molecule has 0 bridgehead atoms. The fraction of sp³-hybridized carbons (Fsp3) is 0.667. The first-order valence-electron chi connectivity index (χ1n) is 7.62. The summed E-state index contributed by atoms with van der Waals surface area (Å²) in [5.74, 6) is -0.933. The molecule has 1 saturated carbocycles. The summed E-state index contributed by atoms with van der Waals surface area (Å²) in [5, 5.41) is 15.4. The Morgan fingerprint density at radius 1 is 1.24 bits per heavy atom. The van der Waals surface area contributed by atoms with Crippen LogP contribution in [-0.2, 0) is 0 Å². The standard InChI is InChI=1S/C15H23F2N3O/c1-2-6-18-14-12(16)8-13(17)15(20-14)19-9-10-4-3-5-11(21)7-10/h8,10-11,21H,2-7,9H2,1H3,(H2,18,19,20). The van der Waals surface area contributed by atoms with Gasteiger partial charge in [-0.3, -0.25) is 0 Å². The summed E-state index contributed by atoms with van der Waals surface area (Å²) in [7, 11) is 0. The lowest BCUT2D eigenvalue weighted by molar-refractivity contribution is 0.104. The van der Waals surface area contributed by atoms with Crippen molar-refractivity contribution in [3.8, 4) is 0 Å². The maximum absolute atomic E-state index is 13.7. The van der Waals surface area contributed by atoms with Gasteiger partial charge in [-0.25, -0.2) is 13.8 Å². The van der Waals surface area contributed by atoms with Crippen LogP contribution in [0.25, 0.3) is 0 Å². The van der Waals surface area contributed by atoms with E-state index >= 15 is 0 Å². The van der Waals surface area contributed by atoms with Crippen molar-refractivity contribution >= 4 is 11.6 Å². The third-order valence-electron chi connectivity index (χ3n) is 3.79. The molecule has 1 aromatic heterocycles. The summed E-state index contributed by atoms with van der Waals surface area (Å²) >= 11 is 0. The lowest BCUT2D eigenvalue weighted by Gasteiger charge is -2.26. The van der Waals surface area contributed by atoms with Gasteiger partial charge in [0.25, 0.3) is 0 Å². The van der Waals surface area contributed by atoms with Gasteiger partial charge in [0.2, 0.25) is 0 Å². The highest BCUT2D eigenvalue weighted by atomic mass is 19.1. The monoisotopic (exact) mass is 299 g/mol. The van der Waals surface area contributed by atoms with Gasteiger partial charge in [0, 0.05) is 19.2 Å². The van der Waals surface area contributed by atoms with Crippen LogP contribution in [0.15, 0.2) is 6.07 Å². The zero-order valence-electron chi connectivity index (χ0n) is 12.3. The first-order chi connectivity index (χ1) is 10.1. The minimum atomic E-state index is -0.689. The molecule has 0 spiro atoms. The highest BCUT2D eigenvalue weighted by Gasteiger charge is 2.20. The molecule has 2 rings (SSSR count). The molecule has 0 aliphatic heterocycles. The van der Waals surface area contributed by atoms with Gasteiger partial charge in [0.1, 0.15) is 0 Å². The summed E-state index contributed by atoms with van der Waals surface area (Å²) in [4.78, 5) is 3.98. The molecule has 1 aliphatic rings. The second kappa shape index (κ2) is 7.54. The van der Waals surface area contributed by atoms with Gasteiger partial charge < -0.3 is 15.7 Å². The Kier molecular flexibility index (Phi) is 5.73. The molecule has 2 unspecified atom stereocenters. The van der Waals surface area contributed by atoms with Crippen LogP contribution in [0.5, 0.6) is 0 Å². The van der Waals surface area contributed by atoms with E-state index in [9.17, 15) is 13.9 Å². The highest BCUT2D eigenvalue weighted by molar-refractivity contribution is 5.47. The third kappa shape index (κ3) is 4.52.